The molecule has 1 aliphatic heterocycles. The summed E-state index contributed by atoms with van der Waals surface area (Å²) in [6, 6.07) is 0. The van der Waals surface area contributed by atoms with E-state index < -0.39 is 0 Å². The molecule has 1 atom stereocenters. The molecule has 1 nitrogen and oxygen atoms in total. The highest BCUT2D eigenvalue weighted by atomic mass is 32.2. The molecule has 2 heteroatoms. The normalized spacial score (nSPS) is 23.7. The first kappa shape index (κ1) is 7.61. The van der Waals surface area contributed by atoms with E-state index in [0.717, 1.165) is 12.0 Å². The molecule has 1 aliphatic rings. The van der Waals surface area contributed by atoms with Gasteiger partial charge in [0.25, 0.3) is 0 Å². The van der Waals surface area contributed by atoms with Gasteiger partial charge in [0, 0.05) is 5.25 Å². The molecule has 0 aliphatic carbocycles. The fourth-order valence-corrected chi connectivity index (χ4v) is 1.85. The zero-order valence-corrected chi connectivity index (χ0v) is 6.78. The second-order valence-electron chi connectivity index (χ2n) is 2.50. The van der Waals surface area contributed by atoms with Crippen LogP contribution in [0.4, 0.5) is 0 Å². The lowest BCUT2D eigenvalue weighted by Crippen LogP contribution is -1.95. The van der Waals surface area contributed by atoms with Crippen molar-refractivity contribution in [1.29, 1.82) is 0 Å². The largest absolute Gasteiger partial charge is 0.282 e. The molecule has 0 N–H and O–H groups in total. The second kappa shape index (κ2) is 3.06. The Morgan fingerprint density at radius 1 is 1.90 bits per heavy atom. The first-order valence-corrected chi connectivity index (χ1v) is 4.09. The summed E-state index contributed by atoms with van der Waals surface area (Å²) in [5.74, 6) is 0. The maximum atomic E-state index is 10.7. The van der Waals surface area contributed by atoms with E-state index in [2.05, 4.69) is 6.58 Å². The fourth-order valence-electron chi connectivity index (χ4n) is 0.867. The summed E-state index contributed by atoms with van der Waals surface area (Å²) in [7, 11) is 0. The number of rotatable bonds is 2. The molecule has 0 saturated heterocycles. The summed E-state index contributed by atoms with van der Waals surface area (Å²) < 4.78 is 0. The van der Waals surface area contributed by atoms with Crippen LogP contribution in [0.5, 0.6) is 0 Å². The van der Waals surface area contributed by atoms with Crippen molar-refractivity contribution in [1.82, 2.24) is 0 Å². The molecule has 0 fully saturated rings. The van der Waals surface area contributed by atoms with Crippen LogP contribution in [0.3, 0.4) is 0 Å². The number of carbonyl (C=O) groups is 1. The Bertz CT molecular complexity index is 193. The highest BCUT2D eigenvalue weighted by molar-refractivity contribution is 8.15. The van der Waals surface area contributed by atoms with Crippen LogP contribution in [0.25, 0.3) is 0 Å². The summed E-state index contributed by atoms with van der Waals surface area (Å²) >= 11 is 1.38. The third-order valence-electron chi connectivity index (χ3n) is 1.26. The van der Waals surface area contributed by atoms with Crippen LogP contribution in [0, 0.1) is 0 Å². The van der Waals surface area contributed by atoms with E-state index in [-0.39, 0.29) is 5.12 Å². The SMILES string of the molecule is C=C(C)CC1C=CC(=O)S1. The van der Waals surface area contributed by atoms with Crippen LogP contribution >= 0.6 is 11.8 Å². The molecule has 0 saturated carbocycles. The van der Waals surface area contributed by atoms with Gasteiger partial charge in [-0.15, -0.1) is 6.58 Å². The lowest BCUT2D eigenvalue weighted by Gasteiger charge is -2.03. The topological polar surface area (TPSA) is 17.1 Å². The number of thioether (sulfide) groups is 1. The Hall–Kier alpha value is -0.500. The smallest absolute Gasteiger partial charge is 0.212 e. The maximum Gasteiger partial charge on any atom is 0.212 e. The molecule has 1 heterocycles. The minimum absolute atomic E-state index is 0.172. The first-order valence-electron chi connectivity index (χ1n) is 3.21. The molecule has 1 rings (SSSR count). The summed E-state index contributed by atoms with van der Waals surface area (Å²) in [5, 5.41) is 0.524. The van der Waals surface area contributed by atoms with Gasteiger partial charge in [-0.1, -0.05) is 23.4 Å². The van der Waals surface area contributed by atoms with Gasteiger partial charge >= 0.3 is 0 Å². The van der Waals surface area contributed by atoms with Crippen molar-refractivity contribution in [3.63, 3.8) is 0 Å². The first-order chi connectivity index (χ1) is 4.68. The van der Waals surface area contributed by atoms with Crippen molar-refractivity contribution >= 4 is 16.9 Å². The van der Waals surface area contributed by atoms with Crippen molar-refractivity contribution in [3.05, 3.63) is 24.3 Å². The summed E-state index contributed by atoms with van der Waals surface area (Å²) in [6.07, 6.45) is 4.51. The highest BCUT2D eigenvalue weighted by Gasteiger charge is 2.15. The summed E-state index contributed by atoms with van der Waals surface area (Å²) in [4.78, 5) is 10.7. The standard InChI is InChI=1S/C8H10OS/c1-6(2)5-7-3-4-8(9)10-7/h3-4,7H,1,5H2,2H3. The maximum absolute atomic E-state index is 10.7. The number of hydrogen-bond acceptors (Lipinski definition) is 2. The van der Waals surface area contributed by atoms with Gasteiger partial charge in [-0.2, -0.15) is 0 Å². The van der Waals surface area contributed by atoms with E-state index in [9.17, 15) is 4.79 Å². The molecule has 54 valence electrons. The van der Waals surface area contributed by atoms with Crippen molar-refractivity contribution in [2.24, 2.45) is 0 Å². The molecule has 0 spiro atoms. The van der Waals surface area contributed by atoms with Crippen LogP contribution in [-0.4, -0.2) is 10.4 Å². The zero-order chi connectivity index (χ0) is 7.56. The highest BCUT2D eigenvalue weighted by Crippen LogP contribution is 2.25. The molecule has 0 aromatic carbocycles. The quantitative estimate of drug-likeness (QED) is 0.567. The molecule has 1 unspecified atom stereocenters. The fraction of sp³-hybridized carbons (Fsp3) is 0.375. The van der Waals surface area contributed by atoms with Gasteiger partial charge in [-0.25, -0.2) is 0 Å². The molecule has 0 aromatic rings. The minimum Gasteiger partial charge on any atom is -0.282 e. The van der Waals surface area contributed by atoms with E-state index in [0.29, 0.717) is 5.25 Å². The molecule has 0 aromatic heterocycles. The van der Waals surface area contributed by atoms with Crippen LogP contribution in [0.2, 0.25) is 0 Å². The van der Waals surface area contributed by atoms with E-state index in [1.807, 2.05) is 13.0 Å². The van der Waals surface area contributed by atoms with Crippen LogP contribution in [-0.2, 0) is 4.79 Å². The third-order valence-corrected chi connectivity index (χ3v) is 2.26. The van der Waals surface area contributed by atoms with Crippen molar-refractivity contribution < 1.29 is 4.79 Å². The zero-order valence-electron chi connectivity index (χ0n) is 5.96. The van der Waals surface area contributed by atoms with Gasteiger partial charge in [0.15, 0.2) is 0 Å². The van der Waals surface area contributed by atoms with Gasteiger partial charge in [0.05, 0.1) is 0 Å². The lowest BCUT2D eigenvalue weighted by molar-refractivity contribution is -0.106. The van der Waals surface area contributed by atoms with Crippen molar-refractivity contribution in [3.8, 4) is 0 Å². The number of allylic oxidation sites excluding steroid dienone is 1. The van der Waals surface area contributed by atoms with Gasteiger partial charge in [-0.3, -0.25) is 4.79 Å². The molecule has 10 heavy (non-hydrogen) atoms. The van der Waals surface area contributed by atoms with Crippen molar-refractivity contribution in [2.75, 3.05) is 0 Å². The predicted octanol–water partition coefficient (Wildman–Crippen LogP) is 2.15. The Morgan fingerprint density at radius 2 is 2.60 bits per heavy atom. The summed E-state index contributed by atoms with van der Waals surface area (Å²) in [5.41, 5.74) is 1.14. The molecule has 0 radical (unpaired) electrons. The van der Waals surface area contributed by atoms with E-state index in [1.54, 1.807) is 6.08 Å². The predicted molar refractivity (Wildman–Crippen MR) is 45.0 cm³/mol. The van der Waals surface area contributed by atoms with Gasteiger partial charge in [-0.05, 0) is 19.4 Å². The van der Waals surface area contributed by atoms with E-state index in [4.69, 9.17) is 0 Å². The Labute approximate surface area is 65.2 Å². The lowest BCUT2D eigenvalue weighted by atomic mass is 10.2. The molecular weight excluding hydrogens is 144 g/mol. The van der Waals surface area contributed by atoms with Crippen LogP contribution in [0.1, 0.15) is 13.3 Å². The summed E-state index contributed by atoms with van der Waals surface area (Å²) in [6.45, 7) is 5.77. The van der Waals surface area contributed by atoms with Gasteiger partial charge in [0.2, 0.25) is 5.12 Å². The average Bonchev–Trinajstić information content (AvgIpc) is 2.13. The molecular formula is C8H10OS. The average molecular weight is 154 g/mol. The third kappa shape index (κ3) is 2.03. The van der Waals surface area contributed by atoms with Crippen molar-refractivity contribution in [2.45, 2.75) is 18.6 Å². The second-order valence-corrected chi connectivity index (χ2v) is 3.74. The minimum atomic E-state index is 0.172. The molecule has 0 bridgehead atoms. The number of carbonyl (C=O) groups excluding carboxylic acids is 1. The van der Waals surface area contributed by atoms with Crippen LogP contribution in [0.15, 0.2) is 24.3 Å². The van der Waals surface area contributed by atoms with E-state index in [1.165, 1.54) is 11.8 Å². The van der Waals surface area contributed by atoms with Gasteiger partial charge in [0.1, 0.15) is 0 Å². The van der Waals surface area contributed by atoms with E-state index >= 15 is 0 Å². The Kier molecular flexibility index (Phi) is 2.33. The molecule has 0 amide bonds. The Balaban J connectivity index is 2.40. The number of hydrogen-bond donors (Lipinski definition) is 0. The van der Waals surface area contributed by atoms with Gasteiger partial charge < -0.3 is 0 Å². The monoisotopic (exact) mass is 154 g/mol. The van der Waals surface area contributed by atoms with Crippen LogP contribution < -0.4 is 0 Å². The Morgan fingerprint density at radius 3 is 3.00 bits per heavy atom.